The average Bonchev–Trinajstić information content (AvgIpc) is 3.59. The number of aromatic nitrogens is 1. The lowest BCUT2D eigenvalue weighted by Gasteiger charge is -2.29. The van der Waals surface area contributed by atoms with E-state index in [9.17, 15) is 23.6 Å². The minimum Gasteiger partial charge on any atom is -0.469 e. The second kappa shape index (κ2) is 9.57. The van der Waals surface area contributed by atoms with E-state index in [1.54, 1.807) is 36.4 Å². The number of benzene rings is 2. The molecule has 0 aliphatic carbocycles. The van der Waals surface area contributed by atoms with Gasteiger partial charge in [-0.3, -0.25) is 23.7 Å². The summed E-state index contributed by atoms with van der Waals surface area (Å²) in [4.78, 5) is 54.5. The fraction of sp³-hybridized carbons (Fsp3) is 0.154. The average molecular weight is 570 g/mol. The van der Waals surface area contributed by atoms with Gasteiger partial charge in [0, 0.05) is 10.7 Å². The number of imide groups is 1. The van der Waals surface area contributed by atoms with Gasteiger partial charge in [0.25, 0.3) is 0 Å². The SMILES string of the molecule is O=C(Cn1c2c(sc1=O)[C@@H](c1ccco1)[C@@H]1C(=O)N(c3ccc(Cl)cc3)C(=O)[C@@H]1S2)Nc1ccc(F)cc1. The highest BCUT2D eigenvalue weighted by molar-refractivity contribution is 8.00. The van der Waals surface area contributed by atoms with Crippen molar-refractivity contribution in [3.8, 4) is 0 Å². The van der Waals surface area contributed by atoms with Gasteiger partial charge < -0.3 is 9.73 Å². The standard InChI is InChI=1S/C26H17ClFN3O5S2/c27-13-3-9-16(10-4-13)31-23(33)20-19(17-2-1-11-36-17)22-25(37-21(20)24(31)34)30(26(35)38-22)12-18(32)29-15-7-5-14(28)6-8-15/h1-11,19-21H,12H2,(H,29,32)/t19-,20-,21+/m0/s1. The van der Waals surface area contributed by atoms with Gasteiger partial charge in [-0.2, -0.15) is 0 Å². The number of nitrogens with zero attached hydrogens (tertiary/aromatic N) is 2. The molecule has 2 aromatic heterocycles. The molecule has 1 saturated heterocycles. The second-order valence-electron chi connectivity index (χ2n) is 8.72. The molecule has 2 aliphatic heterocycles. The van der Waals surface area contributed by atoms with E-state index in [1.807, 2.05) is 0 Å². The molecule has 192 valence electrons. The Kier molecular flexibility index (Phi) is 6.21. The molecule has 4 aromatic rings. The van der Waals surface area contributed by atoms with Crippen molar-refractivity contribution in [2.24, 2.45) is 5.92 Å². The normalized spacial score (nSPS) is 20.4. The Hall–Kier alpha value is -3.67. The highest BCUT2D eigenvalue weighted by Gasteiger charge is 2.57. The Labute approximate surface area is 228 Å². The lowest BCUT2D eigenvalue weighted by atomic mass is 9.87. The number of carbonyl (C=O) groups excluding carboxylic acids is 3. The van der Waals surface area contributed by atoms with Crippen LogP contribution >= 0.6 is 34.7 Å². The number of furan rings is 1. The third-order valence-corrected chi connectivity index (χ3v) is 9.27. The van der Waals surface area contributed by atoms with E-state index in [-0.39, 0.29) is 6.54 Å². The van der Waals surface area contributed by atoms with Crippen LogP contribution in [0.2, 0.25) is 5.02 Å². The maximum atomic E-state index is 13.7. The monoisotopic (exact) mass is 569 g/mol. The van der Waals surface area contributed by atoms with Crippen LogP contribution < -0.4 is 15.1 Å². The Morgan fingerprint density at radius 1 is 1.03 bits per heavy atom. The predicted molar refractivity (Wildman–Crippen MR) is 141 cm³/mol. The van der Waals surface area contributed by atoms with Crippen molar-refractivity contribution in [2.75, 3.05) is 10.2 Å². The molecular weight excluding hydrogens is 553 g/mol. The molecular formula is C26H17ClFN3O5S2. The fourth-order valence-electron chi connectivity index (χ4n) is 4.75. The lowest BCUT2D eigenvalue weighted by molar-refractivity contribution is -0.122. The third kappa shape index (κ3) is 4.16. The van der Waals surface area contributed by atoms with Gasteiger partial charge in [-0.25, -0.2) is 9.29 Å². The summed E-state index contributed by atoms with van der Waals surface area (Å²) in [6.45, 7) is -0.319. The van der Waals surface area contributed by atoms with Gasteiger partial charge in [0.2, 0.25) is 17.7 Å². The van der Waals surface area contributed by atoms with Gasteiger partial charge >= 0.3 is 4.87 Å². The topological polar surface area (TPSA) is 102 Å². The quantitative estimate of drug-likeness (QED) is 0.349. The number of hydrogen-bond acceptors (Lipinski definition) is 7. The minimum absolute atomic E-state index is 0.319. The van der Waals surface area contributed by atoms with Crippen LogP contribution in [0.3, 0.4) is 0 Å². The first-order valence-corrected chi connectivity index (χ1v) is 13.5. The number of thioether (sulfide) groups is 1. The van der Waals surface area contributed by atoms with E-state index in [4.69, 9.17) is 16.0 Å². The number of hydrogen-bond donors (Lipinski definition) is 1. The molecule has 3 amide bonds. The highest BCUT2D eigenvalue weighted by atomic mass is 35.5. The van der Waals surface area contributed by atoms with E-state index in [2.05, 4.69) is 5.32 Å². The van der Waals surface area contributed by atoms with E-state index >= 15 is 0 Å². The minimum atomic E-state index is -0.832. The number of anilines is 2. The van der Waals surface area contributed by atoms with Crippen LogP contribution in [0.15, 0.2) is 81.2 Å². The van der Waals surface area contributed by atoms with Crippen molar-refractivity contribution in [2.45, 2.75) is 22.7 Å². The highest BCUT2D eigenvalue weighted by Crippen LogP contribution is 2.53. The van der Waals surface area contributed by atoms with Crippen molar-refractivity contribution in [1.82, 2.24) is 4.57 Å². The second-order valence-corrected chi connectivity index (χ2v) is 11.3. The summed E-state index contributed by atoms with van der Waals surface area (Å²) in [7, 11) is 0. The number of fused-ring (bicyclic) bond motifs is 2. The maximum absolute atomic E-state index is 13.7. The first-order chi connectivity index (χ1) is 18.3. The number of carbonyl (C=O) groups is 3. The van der Waals surface area contributed by atoms with Crippen LogP contribution in [-0.2, 0) is 20.9 Å². The van der Waals surface area contributed by atoms with Gasteiger partial charge in [0.15, 0.2) is 0 Å². The summed E-state index contributed by atoms with van der Waals surface area (Å²) < 4.78 is 20.2. The largest absolute Gasteiger partial charge is 0.469 e. The van der Waals surface area contributed by atoms with Crippen LogP contribution in [0.1, 0.15) is 16.6 Å². The van der Waals surface area contributed by atoms with Gasteiger partial charge in [-0.15, -0.1) is 0 Å². The Morgan fingerprint density at radius 2 is 1.76 bits per heavy atom. The molecule has 6 rings (SSSR count). The molecule has 2 aliphatic rings. The Morgan fingerprint density at radius 3 is 2.45 bits per heavy atom. The molecule has 0 radical (unpaired) electrons. The smallest absolute Gasteiger partial charge is 0.308 e. The molecule has 3 atom stereocenters. The maximum Gasteiger partial charge on any atom is 0.308 e. The molecule has 4 heterocycles. The summed E-state index contributed by atoms with van der Waals surface area (Å²) in [6, 6.07) is 15.1. The molecule has 2 aromatic carbocycles. The van der Waals surface area contributed by atoms with Crippen molar-refractivity contribution in [3.63, 3.8) is 0 Å². The Balaban J connectivity index is 1.38. The van der Waals surface area contributed by atoms with E-state index in [0.29, 0.717) is 32.1 Å². The van der Waals surface area contributed by atoms with Crippen LogP contribution in [0, 0.1) is 11.7 Å². The summed E-state index contributed by atoms with van der Waals surface area (Å²) in [6.07, 6.45) is 1.47. The van der Waals surface area contributed by atoms with Gasteiger partial charge in [0.1, 0.15) is 23.4 Å². The van der Waals surface area contributed by atoms with Crippen molar-refractivity contribution in [3.05, 3.63) is 98.1 Å². The molecule has 0 saturated carbocycles. The first kappa shape index (κ1) is 24.7. The first-order valence-electron chi connectivity index (χ1n) is 11.4. The molecule has 8 nitrogen and oxygen atoms in total. The Bertz CT molecular complexity index is 1620. The van der Waals surface area contributed by atoms with Gasteiger partial charge in [0.05, 0.1) is 33.7 Å². The molecule has 1 N–H and O–H groups in total. The summed E-state index contributed by atoms with van der Waals surface area (Å²) in [5.41, 5.74) is 0.780. The molecule has 0 unspecified atom stereocenters. The van der Waals surface area contributed by atoms with Gasteiger partial charge in [-0.1, -0.05) is 34.7 Å². The van der Waals surface area contributed by atoms with Crippen molar-refractivity contribution in [1.29, 1.82) is 0 Å². The lowest BCUT2D eigenvalue weighted by Crippen LogP contribution is -2.32. The van der Waals surface area contributed by atoms with E-state index < -0.39 is 45.5 Å². The summed E-state index contributed by atoms with van der Waals surface area (Å²) in [5, 5.41) is 2.73. The number of thiazole rings is 1. The third-order valence-electron chi connectivity index (χ3n) is 6.41. The molecule has 1 fully saturated rings. The zero-order valence-electron chi connectivity index (χ0n) is 19.3. The molecule has 38 heavy (non-hydrogen) atoms. The number of rotatable bonds is 5. The summed E-state index contributed by atoms with van der Waals surface area (Å²) in [5.74, 6) is -2.79. The van der Waals surface area contributed by atoms with E-state index in [1.165, 1.54) is 35.1 Å². The molecule has 0 bridgehead atoms. The van der Waals surface area contributed by atoms with Crippen LogP contribution in [0.25, 0.3) is 0 Å². The van der Waals surface area contributed by atoms with Crippen molar-refractivity contribution < 1.29 is 23.2 Å². The zero-order valence-corrected chi connectivity index (χ0v) is 21.7. The van der Waals surface area contributed by atoms with Crippen LogP contribution in [-0.4, -0.2) is 27.5 Å². The predicted octanol–water partition coefficient (Wildman–Crippen LogP) is 4.73. The van der Waals surface area contributed by atoms with Crippen LogP contribution in [0.5, 0.6) is 0 Å². The number of halogens is 2. The number of amides is 3. The zero-order chi connectivity index (χ0) is 26.6. The fourth-order valence-corrected chi connectivity index (χ4v) is 7.63. The summed E-state index contributed by atoms with van der Waals surface area (Å²) >= 11 is 8.02. The molecule has 12 heteroatoms. The van der Waals surface area contributed by atoms with E-state index in [0.717, 1.165) is 28.0 Å². The van der Waals surface area contributed by atoms with Crippen molar-refractivity contribution >= 4 is 63.8 Å². The van der Waals surface area contributed by atoms with Crippen LogP contribution in [0.4, 0.5) is 15.8 Å². The molecule has 0 spiro atoms. The van der Waals surface area contributed by atoms with Gasteiger partial charge in [-0.05, 0) is 60.7 Å². The number of nitrogens with one attached hydrogen (secondary N) is 1.